The van der Waals surface area contributed by atoms with Crippen LogP contribution in [0.25, 0.3) is 17.0 Å². The largest absolute Gasteiger partial charge is 0.493 e. The van der Waals surface area contributed by atoms with E-state index in [4.69, 9.17) is 14.2 Å². The Hall–Kier alpha value is -3.71. The first kappa shape index (κ1) is 22.5. The Kier molecular flexibility index (Phi) is 6.70. The molecule has 33 heavy (non-hydrogen) atoms. The number of hydrogen-bond acceptors (Lipinski definition) is 5. The number of methoxy groups -OCH3 is 3. The van der Waals surface area contributed by atoms with Crippen molar-refractivity contribution >= 4 is 34.5 Å². The number of rotatable bonds is 8. The lowest BCUT2D eigenvalue weighted by Gasteiger charge is -2.14. The number of H-pyrrole nitrogens is 1. The minimum atomic E-state index is -0.336. The molecule has 1 N–H and O–H groups in total. The van der Waals surface area contributed by atoms with E-state index in [-0.39, 0.29) is 11.6 Å². The van der Waals surface area contributed by atoms with E-state index >= 15 is 0 Å². The Morgan fingerprint density at radius 1 is 0.939 bits per heavy atom. The fourth-order valence-corrected chi connectivity index (χ4v) is 4.40. The molecule has 0 radical (unpaired) electrons. The molecule has 3 aromatic carbocycles. The Morgan fingerprint density at radius 3 is 2.24 bits per heavy atom. The number of aromatic amines is 1. The molecule has 7 heteroatoms. The normalized spacial score (nSPS) is 11.5. The molecule has 4 aromatic rings. The monoisotopic (exact) mass is 463 g/mol. The maximum Gasteiger partial charge on any atom is 0.203 e. The molecule has 5 nitrogen and oxygen atoms in total. The lowest BCUT2D eigenvalue weighted by atomic mass is 10.1. The van der Waals surface area contributed by atoms with E-state index in [2.05, 4.69) is 4.98 Å². The fourth-order valence-electron chi connectivity index (χ4n) is 3.48. The van der Waals surface area contributed by atoms with Crippen LogP contribution in [0.5, 0.6) is 17.2 Å². The number of ether oxygens (including phenoxy) is 3. The molecule has 168 valence electrons. The summed E-state index contributed by atoms with van der Waals surface area (Å²) in [5.74, 6) is 0.619. The molecule has 4 rings (SSSR count). The van der Waals surface area contributed by atoms with E-state index in [1.165, 1.54) is 45.2 Å². The van der Waals surface area contributed by atoms with Gasteiger partial charge in [-0.1, -0.05) is 30.0 Å². The van der Waals surface area contributed by atoms with Crippen LogP contribution in [0.3, 0.4) is 0 Å². The Balaban J connectivity index is 1.82. The average molecular weight is 464 g/mol. The third kappa shape index (κ3) is 4.73. The molecule has 0 fully saturated rings. The third-order valence-electron chi connectivity index (χ3n) is 5.10. The average Bonchev–Trinajstić information content (AvgIpc) is 3.26. The maximum atomic E-state index is 13.7. The van der Waals surface area contributed by atoms with Crippen LogP contribution in [0.15, 0.2) is 76.7 Å². The molecule has 0 aliphatic rings. The first-order valence-electron chi connectivity index (χ1n) is 10.1. The lowest BCUT2D eigenvalue weighted by Crippen LogP contribution is -2.04. The zero-order valence-corrected chi connectivity index (χ0v) is 19.2. The van der Waals surface area contributed by atoms with Crippen LogP contribution < -0.4 is 14.2 Å². The van der Waals surface area contributed by atoms with E-state index in [0.717, 1.165) is 21.4 Å². The van der Waals surface area contributed by atoms with Crippen LogP contribution in [0.1, 0.15) is 15.9 Å². The van der Waals surface area contributed by atoms with E-state index in [1.807, 2.05) is 36.5 Å². The van der Waals surface area contributed by atoms with Crippen LogP contribution in [0.4, 0.5) is 4.39 Å². The van der Waals surface area contributed by atoms with Gasteiger partial charge >= 0.3 is 0 Å². The van der Waals surface area contributed by atoms with Gasteiger partial charge in [-0.25, -0.2) is 4.39 Å². The van der Waals surface area contributed by atoms with E-state index in [0.29, 0.717) is 27.7 Å². The molecule has 0 bridgehead atoms. The molecule has 0 saturated carbocycles. The van der Waals surface area contributed by atoms with E-state index in [1.54, 1.807) is 24.3 Å². The standard InChI is InChI=1S/C26H22FNO4S/c1-30-22-12-16(13-23(31-2)26(22)32-3)25(29)24(33-19-10-8-18(27)9-11-19)14-17-15-28-21-7-5-4-6-20(17)21/h4-15,28H,1-3H3/b24-14-. The summed E-state index contributed by atoms with van der Waals surface area (Å²) < 4.78 is 29.6. The molecular weight excluding hydrogens is 441 g/mol. The van der Waals surface area contributed by atoms with Gasteiger partial charge in [0.1, 0.15) is 5.82 Å². The van der Waals surface area contributed by atoms with Crippen molar-refractivity contribution < 1.29 is 23.4 Å². The summed E-state index contributed by atoms with van der Waals surface area (Å²) in [5.41, 5.74) is 2.22. The second kappa shape index (κ2) is 9.83. The topological polar surface area (TPSA) is 60.6 Å². The summed E-state index contributed by atoms with van der Waals surface area (Å²) in [5, 5.41) is 0.993. The van der Waals surface area contributed by atoms with Crippen molar-refractivity contribution in [3.63, 3.8) is 0 Å². The number of carbonyl (C=O) groups excluding carboxylic acids is 1. The van der Waals surface area contributed by atoms with Gasteiger partial charge in [-0.3, -0.25) is 4.79 Å². The summed E-state index contributed by atoms with van der Waals surface area (Å²) in [6.45, 7) is 0. The van der Waals surface area contributed by atoms with Gasteiger partial charge < -0.3 is 19.2 Å². The predicted molar refractivity (Wildman–Crippen MR) is 129 cm³/mol. The SMILES string of the molecule is COc1cc(C(=O)/C(=C/c2c[nH]c3ccccc23)Sc2ccc(F)cc2)cc(OC)c1OC. The number of benzene rings is 3. The number of allylic oxidation sites excluding steroid dienone is 1. The van der Waals surface area contributed by atoms with E-state index in [9.17, 15) is 9.18 Å². The number of halogens is 1. The second-order valence-corrected chi connectivity index (χ2v) is 8.21. The number of carbonyl (C=O) groups is 1. The molecule has 0 aliphatic heterocycles. The quantitative estimate of drug-likeness (QED) is 0.187. The molecule has 0 amide bonds. The number of ketones is 1. The summed E-state index contributed by atoms with van der Waals surface area (Å²) in [7, 11) is 4.51. The fraction of sp³-hybridized carbons (Fsp3) is 0.115. The molecular formula is C26H22FNO4S. The number of nitrogens with one attached hydrogen (secondary N) is 1. The Bertz CT molecular complexity index is 1300. The van der Waals surface area contributed by atoms with Gasteiger partial charge in [0, 0.05) is 33.1 Å². The van der Waals surface area contributed by atoms with Gasteiger partial charge in [0.05, 0.1) is 26.2 Å². The third-order valence-corrected chi connectivity index (χ3v) is 6.13. The summed E-state index contributed by atoms with van der Waals surface area (Å²) in [6.07, 6.45) is 3.69. The molecule has 0 atom stereocenters. The smallest absolute Gasteiger partial charge is 0.203 e. The minimum absolute atomic E-state index is 0.228. The predicted octanol–water partition coefficient (Wildman–Crippen LogP) is 6.35. The van der Waals surface area contributed by atoms with Crippen LogP contribution in [0.2, 0.25) is 0 Å². The number of hydrogen-bond donors (Lipinski definition) is 1. The highest BCUT2D eigenvalue weighted by Gasteiger charge is 2.21. The summed E-state index contributed by atoms with van der Waals surface area (Å²) in [4.78, 5) is 18.1. The van der Waals surface area contributed by atoms with Gasteiger partial charge in [-0.15, -0.1) is 0 Å². The molecule has 1 heterocycles. The summed E-state index contributed by atoms with van der Waals surface area (Å²) in [6, 6.07) is 17.1. The zero-order valence-electron chi connectivity index (χ0n) is 18.3. The van der Waals surface area contributed by atoms with Crippen molar-refractivity contribution in [1.29, 1.82) is 0 Å². The van der Waals surface area contributed by atoms with Gasteiger partial charge in [-0.05, 0) is 48.5 Å². The van der Waals surface area contributed by atoms with Gasteiger partial charge in [0.15, 0.2) is 17.3 Å². The maximum absolute atomic E-state index is 13.7. The Morgan fingerprint density at radius 2 is 1.61 bits per heavy atom. The molecule has 0 saturated heterocycles. The van der Waals surface area contributed by atoms with Crippen LogP contribution >= 0.6 is 11.8 Å². The Labute approximate surface area is 195 Å². The first-order chi connectivity index (χ1) is 16.0. The highest BCUT2D eigenvalue weighted by atomic mass is 32.2. The zero-order chi connectivity index (χ0) is 23.4. The number of aromatic nitrogens is 1. The van der Waals surface area contributed by atoms with Gasteiger partial charge in [-0.2, -0.15) is 0 Å². The minimum Gasteiger partial charge on any atom is -0.493 e. The van der Waals surface area contributed by atoms with Crippen molar-refractivity contribution in [3.05, 3.63) is 88.7 Å². The van der Waals surface area contributed by atoms with Crippen LogP contribution in [0, 0.1) is 5.82 Å². The van der Waals surface area contributed by atoms with Gasteiger partial charge in [0.25, 0.3) is 0 Å². The van der Waals surface area contributed by atoms with Crippen molar-refractivity contribution in [1.82, 2.24) is 4.98 Å². The molecule has 0 unspecified atom stereocenters. The van der Waals surface area contributed by atoms with Gasteiger partial charge in [0.2, 0.25) is 5.75 Å². The highest BCUT2D eigenvalue weighted by Crippen LogP contribution is 2.40. The van der Waals surface area contributed by atoms with Crippen molar-refractivity contribution in [2.24, 2.45) is 0 Å². The molecule has 0 aliphatic carbocycles. The van der Waals surface area contributed by atoms with Crippen molar-refractivity contribution in [2.75, 3.05) is 21.3 Å². The van der Waals surface area contributed by atoms with Crippen molar-refractivity contribution in [3.8, 4) is 17.2 Å². The highest BCUT2D eigenvalue weighted by molar-refractivity contribution is 8.04. The number of thioether (sulfide) groups is 1. The van der Waals surface area contributed by atoms with Crippen LogP contribution in [-0.2, 0) is 0 Å². The summed E-state index contributed by atoms with van der Waals surface area (Å²) >= 11 is 1.26. The molecule has 0 spiro atoms. The molecule has 1 aromatic heterocycles. The van der Waals surface area contributed by atoms with Crippen molar-refractivity contribution in [2.45, 2.75) is 4.90 Å². The lowest BCUT2D eigenvalue weighted by molar-refractivity contribution is 0.104. The number of Topliss-reactive ketones (excluding diaryl/α,β-unsaturated/α-hetero) is 1. The second-order valence-electron chi connectivity index (χ2n) is 7.10. The number of para-hydroxylation sites is 1. The van der Waals surface area contributed by atoms with E-state index < -0.39 is 0 Å². The van der Waals surface area contributed by atoms with Crippen LogP contribution in [-0.4, -0.2) is 32.1 Å². The first-order valence-corrected chi connectivity index (χ1v) is 10.9. The number of fused-ring (bicyclic) bond motifs is 1.